The summed E-state index contributed by atoms with van der Waals surface area (Å²) in [6.45, 7) is 6.47. The van der Waals surface area contributed by atoms with Crippen molar-refractivity contribution in [2.45, 2.75) is 50.4 Å². The third-order valence-electron chi connectivity index (χ3n) is 5.69. The zero-order valence-corrected chi connectivity index (χ0v) is 20.9. The third kappa shape index (κ3) is 5.14. The van der Waals surface area contributed by atoms with Crippen LogP contribution in [0, 0.1) is 0 Å². The Kier molecular flexibility index (Phi) is 7.61. The van der Waals surface area contributed by atoms with Crippen LogP contribution in [0.25, 0.3) is 0 Å². The van der Waals surface area contributed by atoms with Gasteiger partial charge in [-0.25, -0.2) is 0 Å². The third-order valence-corrected chi connectivity index (χ3v) is 11.3. The molecule has 32 heavy (non-hydrogen) atoms. The maximum Gasteiger partial charge on any atom is 0.264 e. The molecule has 3 rings (SSSR count). The molecule has 0 spiro atoms. The Hall–Kier alpha value is -1.59. The summed E-state index contributed by atoms with van der Waals surface area (Å²) in [6, 6.07) is 20.1. The molecule has 1 saturated heterocycles. The van der Waals surface area contributed by atoms with E-state index in [9.17, 15) is 13.5 Å². The number of rotatable bonds is 8. The molecule has 1 unspecified atom stereocenters. The van der Waals surface area contributed by atoms with Gasteiger partial charge >= 0.3 is 0 Å². The first kappa shape index (κ1) is 25.0. The summed E-state index contributed by atoms with van der Waals surface area (Å²) < 4.78 is 46.6. The van der Waals surface area contributed by atoms with Crippen LogP contribution in [0.4, 0.5) is 0 Å². The van der Waals surface area contributed by atoms with E-state index in [1.165, 1.54) is 7.11 Å². The summed E-state index contributed by atoms with van der Waals surface area (Å²) in [6.07, 6.45) is -3.28. The fraction of sp³-hybridized carbons (Fsp3) is 0.478. The molecule has 7 nitrogen and oxygen atoms in total. The molecular weight excluding hydrogens is 448 g/mol. The summed E-state index contributed by atoms with van der Waals surface area (Å²) in [5, 5.41) is 12.4. The van der Waals surface area contributed by atoms with Crippen LogP contribution in [0.3, 0.4) is 0 Å². The summed E-state index contributed by atoms with van der Waals surface area (Å²) >= 11 is 0. The minimum absolute atomic E-state index is 0.0321. The summed E-state index contributed by atoms with van der Waals surface area (Å²) in [7, 11) is -5.31. The standard InChI is InChI=1S/C23H32O7SSi/c1-23(2,3)32(17-12-8-6-9-13-17,18-14-10-7-11-15-18)28-16-19-21(30-31(5,25)26)20(24)22(27-4)29-19/h6-15,19-22,24H,16H2,1-5H3/t19-,20-,21+,22?/m1/s1. The van der Waals surface area contributed by atoms with Crippen LogP contribution in [0.2, 0.25) is 5.04 Å². The van der Waals surface area contributed by atoms with Crippen molar-refractivity contribution in [3.05, 3.63) is 60.7 Å². The molecule has 1 N–H and O–H groups in total. The number of aliphatic hydroxyl groups is 1. The van der Waals surface area contributed by atoms with Crippen molar-refractivity contribution in [3.63, 3.8) is 0 Å². The highest BCUT2D eigenvalue weighted by Crippen LogP contribution is 2.37. The van der Waals surface area contributed by atoms with E-state index >= 15 is 0 Å². The number of ether oxygens (including phenoxy) is 2. The maximum atomic E-state index is 11.8. The van der Waals surface area contributed by atoms with E-state index < -0.39 is 43.0 Å². The van der Waals surface area contributed by atoms with Gasteiger partial charge in [0.2, 0.25) is 0 Å². The minimum atomic E-state index is -3.83. The number of hydrogen-bond donors (Lipinski definition) is 1. The van der Waals surface area contributed by atoms with Gasteiger partial charge in [-0.3, -0.25) is 4.18 Å². The van der Waals surface area contributed by atoms with Crippen molar-refractivity contribution in [1.82, 2.24) is 0 Å². The molecule has 0 bridgehead atoms. The second kappa shape index (κ2) is 9.72. The lowest BCUT2D eigenvalue weighted by molar-refractivity contribution is -0.152. The van der Waals surface area contributed by atoms with Gasteiger partial charge in [-0.05, 0) is 15.4 Å². The maximum absolute atomic E-state index is 11.8. The molecule has 0 saturated carbocycles. The van der Waals surface area contributed by atoms with Crippen molar-refractivity contribution < 1.29 is 31.6 Å². The van der Waals surface area contributed by atoms with Gasteiger partial charge in [0.05, 0.1) is 12.9 Å². The monoisotopic (exact) mass is 480 g/mol. The molecule has 2 aromatic rings. The quantitative estimate of drug-likeness (QED) is 0.454. The van der Waals surface area contributed by atoms with E-state index in [0.717, 1.165) is 16.6 Å². The van der Waals surface area contributed by atoms with Crippen molar-refractivity contribution >= 4 is 28.8 Å². The normalized spacial score (nSPS) is 24.6. The van der Waals surface area contributed by atoms with Gasteiger partial charge in [0, 0.05) is 7.11 Å². The van der Waals surface area contributed by atoms with Gasteiger partial charge in [0.25, 0.3) is 18.4 Å². The van der Waals surface area contributed by atoms with E-state index in [0.29, 0.717) is 0 Å². The average molecular weight is 481 g/mol. The van der Waals surface area contributed by atoms with E-state index in [4.69, 9.17) is 18.1 Å². The lowest BCUT2D eigenvalue weighted by atomic mass is 10.1. The highest BCUT2D eigenvalue weighted by Gasteiger charge is 2.53. The van der Waals surface area contributed by atoms with Crippen molar-refractivity contribution in [2.24, 2.45) is 0 Å². The Morgan fingerprint density at radius 3 is 1.91 bits per heavy atom. The molecule has 0 amide bonds. The number of aliphatic hydroxyl groups excluding tert-OH is 1. The van der Waals surface area contributed by atoms with Crippen LogP contribution in [-0.4, -0.2) is 66.4 Å². The van der Waals surface area contributed by atoms with Crippen molar-refractivity contribution in [2.75, 3.05) is 20.0 Å². The molecule has 1 aliphatic rings. The Labute approximate surface area is 191 Å². The predicted octanol–water partition coefficient (Wildman–Crippen LogP) is 1.64. The lowest BCUT2D eigenvalue weighted by Gasteiger charge is -2.43. The van der Waals surface area contributed by atoms with Gasteiger partial charge in [-0.2, -0.15) is 8.42 Å². The second-order valence-corrected chi connectivity index (χ2v) is 14.9. The lowest BCUT2D eigenvalue weighted by Crippen LogP contribution is -2.67. The van der Waals surface area contributed by atoms with Crippen molar-refractivity contribution in [3.8, 4) is 0 Å². The fourth-order valence-electron chi connectivity index (χ4n) is 4.32. The second-order valence-electron chi connectivity index (χ2n) is 9.01. The van der Waals surface area contributed by atoms with Gasteiger partial charge in [0.1, 0.15) is 18.3 Å². The van der Waals surface area contributed by atoms with Gasteiger partial charge in [-0.15, -0.1) is 0 Å². The van der Waals surface area contributed by atoms with Crippen LogP contribution in [-0.2, 0) is 28.2 Å². The molecule has 0 aromatic heterocycles. The molecule has 2 aromatic carbocycles. The number of benzene rings is 2. The first-order chi connectivity index (χ1) is 15.0. The molecule has 0 radical (unpaired) electrons. The Morgan fingerprint density at radius 1 is 1.00 bits per heavy atom. The van der Waals surface area contributed by atoms with Crippen LogP contribution in [0.15, 0.2) is 60.7 Å². The average Bonchev–Trinajstić information content (AvgIpc) is 3.02. The van der Waals surface area contributed by atoms with Crippen molar-refractivity contribution in [1.29, 1.82) is 0 Å². The van der Waals surface area contributed by atoms with Crippen LogP contribution in [0.1, 0.15) is 20.8 Å². The zero-order valence-electron chi connectivity index (χ0n) is 19.1. The number of methoxy groups -OCH3 is 1. The van der Waals surface area contributed by atoms with Gasteiger partial charge < -0.3 is 19.0 Å². The first-order valence-electron chi connectivity index (χ1n) is 10.5. The van der Waals surface area contributed by atoms with Gasteiger partial charge in [0.15, 0.2) is 6.29 Å². The molecular formula is C23H32O7SSi. The minimum Gasteiger partial charge on any atom is -0.405 e. The highest BCUT2D eigenvalue weighted by atomic mass is 32.2. The molecule has 1 aliphatic heterocycles. The Morgan fingerprint density at radius 2 is 1.50 bits per heavy atom. The number of hydrogen-bond acceptors (Lipinski definition) is 7. The Balaban J connectivity index is 2.02. The smallest absolute Gasteiger partial charge is 0.264 e. The predicted molar refractivity (Wildman–Crippen MR) is 125 cm³/mol. The fourth-order valence-corrected chi connectivity index (χ4v) is 9.53. The molecule has 4 atom stereocenters. The van der Waals surface area contributed by atoms with E-state index in [2.05, 4.69) is 45.0 Å². The zero-order chi connectivity index (χ0) is 23.6. The summed E-state index contributed by atoms with van der Waals surface area (Å²) in [4.78, 5) is 0. The van der Waals surface area contributed by atoms with Crippen LogP contribution in [0.5, 0.6) is 0 Å². The molecule has 1 heterocycles. The van der Waals surface area contributed by atoms with E-state index in [-0.39, 0.29) is 11.6 Å². The first-order valence-corrected chi connectivity index (χ1v) is 14.2. The molecule has 176 valence electrons. The van der Waals surface area contributed by atoms with Crippen LogP contribution < -0.4 is 10.4 Å². The largest absolute Gasteiger partial charge is 0.405 e. The topological polar surface area (TPSA) is 91.3 Å². The van der Waals surface area contributed by atoms with Gasteiger partial charge in [-0.1, -0.05) is 81.4 Å². The summed E-state index contributed by atoms with van der Waals surface area (Å²) in [5.74, 6) is 0. The molecule has 9 heteroatoms. The van der Waals surface area contributed by atoms with E-state index in [1.807, 2.05) is 36.4 Å². The SMILES string of the molecule is COC1O[C@H](CO[Si](c2ccccc2)(c2ccccc2)C(C)(C)C)[C@H](OS(C)(=O)=O)[C@H]1O. The van der Waals surface area contributed by atoms with Crippen LogP contribution >= 0.6 is 0 Å². The Bertz CT molecular complexity index is 937. The van der Waals surface area contributed by atoms with E-state index in [1.54, 1.807) is 0 Å². The summed E-state index contributed by atoms with van der Waals surface area (Å²) in [5.41, 5.74) is 0. The molecule has 0 aliphatic carbocycles. The molecule has 1 fully saturated rings. The highest BCUT2D eigenvalue weighted by molar-refractivity contribution is 7.86.